The Kier molecular flexibility index (Phi) is 4.98. The highest BCUT2D eigenvalue weighted by molar-refractivity contribution is 7.89. The minimum Gasteiger partial charge on any atom is -0.340 e. The van der Waals surface area contributed by atoms with Crippen molar-refractivity contribution >= 4 is 32.4 Å². The Morgan fingerprint density at radius 2 is 1.64 bits per heavy atom. The lowest BCUT2D eigenvalue weighted by Gasteiger charge is -2.14. The van der Waals surface area contributed by atoms with Gasteiger partial charge in [0, 0.05) is 31.2 Å². The van der Waals surface area contributed by atoms with Gasteiger partial charge in [-0.1, -0.05) is 0 Å². The van der Waals surface area contributed by atoms with Crippen molar-refractivity contribution in [2.45, 2.75) is 11.1 Å². The molecule has 0 fully saturated rings. The summed E-state index contributed by atoms with van der Waals surface area (Å²) in [5.41, 5.74) is 0.0896. The maximum absolute atomic E-state index is 13.4. The third kappa shape index (κ3) is 3.90. The van der Waals surface area contributed by atoms with Crippen LogP contribution < -0.4 is 5.32 Å². The summed E-state index contributed by atoms with van der Waals surface area (Å²) < 4.78 is 77.9. The first-order valence-electron chi connectivity index (χ1n) is 7.82. The highest BCUT2D eigenvalue weighted by Gasteiger charge is 2.35. The van der Waals surface area contributed by atoms with Crippen molar-refractivity contribution in [1.29, 1.82) is 0 Å². The number of hydrogen-bond donors (Lipinski definition) is 1. The van der Waals surface area contributed by atoms with Gasteiger partial charge in [-0.2, -0.15) is 13.2 Å². The van der Waals surface area contributed by atoms with Crippen LogP contribution >= 0.6 is 0 Å². The quantitative estimate of drug-likeness (QED) is 0.658. The third-order valence-corrected chi connectivity index (χ3v) is 5.64. The molecule has 28 heavy (non-hydrogen) atoms. The van der Waals surface area contributed by atoms with E-state index in [2.05, 4.69) is 15.3 Å². The summed E-state index contributed by atoms with van der Waals surface area (Å²) in [7, 11) is -0.880. The van der Waals surface area contributed by atoms with Crippen molar-refractivity contribution < 1.29 is 26.0 Å². The van der Waals surface area contributed by atoms with Gasteiger partial charge in [0.05, 0.1) is 10.4 Å². The molecule has 0 aliphatic carbocycles. The molecule has 148 valence electrons. The summed E-state index contributed by atoms with van der Waals surface area (Å²) in [5, 5.41) is 2.88. The van der Waals surface area contributed by atoms with E-state index >= 15 is 0 Å². The van der Waals surface area contributed by atoms with E-state index in [-0.39, 0.29) is 21.6 Å². The van der Waals surface area contributed by atoms with Crippen LogP contribution in [0.2, 0.25) is 0 Å². The van der Waals surface area contributed by atoms with Crippen LogP contribution in [-0.2, 0) is 16.2 Å². The first-order valence-corrected chi connectivity index (χ1v) is 9.26. The second-order valence-electron chi connectivity index (χ2n) is 5.99. The molecule has 0 atom stereocenters. The molecule has 1 heterocycles. The summed E-state index contributed by atoms with van der Waals surface area (Å²) in [5.74, 6) is -2.33. The molecule has 11 heteroatoms. The maximum Gasteiger partial charge on any atom is 0.451 e. The van der Waals surface area contributed by atoms with Crippen LogP contribution in [0, 0.1) is 5.82 Å². The van der Waals surface area contributed by atoms with E-state index in [4.69, 9.17) is 0 Å². The molecular formula is C17H14F4N4O2S. The SMILES string of the molecule is CN(C)S(=O)(=O)c1ccc(Nc2nc(C(F)(F)F)nc3cc(F)ccc23)cc1. The molecule has 1 N–H and O–H groups in total. The number of hydrogen-bond acceptors (Lipinski definition) is 5. The first-order chi connectivity index (χ1) is 13.0. The lowest BCUT2D eigenvalue weighted by atomic mass is 10.2. The molecule has 0 aliphatic rings. The van der Waals surface area contributed by atoms with Crippen molar-refractivity contribution in [3.8, 4) is 0 Å². The minimum atomic E-state index is -4.82. The fraction of sp³-hybridized carbons (Fsp3) is 0.176. The number of fused-ring (bicyclic) bond motifs is 1. The molecule has 3 aromatic rings. The summed E-state index contributed by atoms with van der Waals surface area (Å²) in [6.07, 6.45) is -4.82. The molecule has 0 radical (unpaired) electrons. The highest BCUT2D eigenvalue weighted by atomic mass is 32.2. The van der Waals surface area contributed by atoms with Crippen LogP contribution in [-0.4, -0.2) is 36.8 Å². The lowest BCUT2D eigenvalue weighted by Crippen LogP contribution is -2.22. The fourth-order valence-corrected chi connectivity index (χ4v) is 3.28. The van der Waals surface area contributed by atoms with E-state index in [1.807, 2.05) is 0 Å². The van der Waals surface area contributed by atoms with Gasteiger partial charge >= 0.3 is 6.18 Å². The van der Waals surface area contributed by atoms with Gasteiger partial charge in [-0.3, -0.25) is 0 Å². The zero-order valence-corrected chi connectivity index (χ0v) is 15.4. The maximum atomic E-state index is 13.4. The number of anilines is 2. The first kappa shape index (κ1) is 20.0. The van der Waals surface area contributed by atoms with Crippen molar-refractivity contribution in [2.75, 3.05) is 19.4 Å². The second kappa shape index (κ2) is 6.99. The number of nitrogens with zero attached hydrogens (tertiary/aromatic N) is 3. The Morgan fingerprint density at radius 1 is 1.00 bits per heavy atom. The van der Waals surface area contributed by atoms with E-state index in [1.54, 1.807) is 0 Å². The monoisotopic (exact) mass is 414 g/mol. The average Bonchev–Trinajstić information content (AvgIpc) is 2.60. The lowest BCUT2D eigenvalue weighted by molar-refractivity contribution is -0.144. The molecule has 0 amide bonds. The molecule has 0 saturated heterocycles. The van der Waals surface area contributed by atoms with E-state index in [9.17, 15) is 26.0 Å². The van der Waals surface area contributed by atoms with Crippen molar-refractivity contribution in [3.63, 3.8) is 0 Å². The van der Waals surface area contributed by atoms with Crippen molar-refractivity contribution in [3.05, 3.63) is 54.1 Å². The predicted molar refractivity (Wildman–Crippen MR) is 95.1 cm³/mol. The van der Waals surface area contributed by atoms with Crippen LogP contribution in [0.15, 0.2) is 47.4 Å². The van der Waals surface area contributed by atoms with Gasteiger partial charge < -0.3 is 5.32 Å². The zero-order valence-electron chi connectivity index (χ0n) is 14.6. The molecule has 6 nitrogen and oxygen atoms in total. The standard InChI is InChI=1S/C17H14F4N4O2S/c1-25(2)28(26,27)12-6-4-11(5-7-12)22-15-13-8-3-10(18)9-14(13)23-16(24-15)17(19,20)21/h3-9H,1-2H3,(H,22,23,24). The topological polar surface area (TPSA) is 75.2 Å². The van der Waals surface area contributed by atoms with Gasteiger partial charge in [0.15, 0.2) is 0 Å². The number of nitrogens with one attached hydrogen (secondary N) is 1. The number of benzene rings is 2. The van der Waals surface area contributed by atoms with Gasteiger partial charge in [0.2, 0.25) is 15.8 Å². The van der Waals surface area contributed by atoms with Gasteiger partial charge in [0.1, 0.15) is 11.6 Å². The average molecular weight is 414 g/mol. The van der Waals surface area contributed by atoms with Crippen molar-refractivity contribution in [2.24, 2.45) is 0 Å². The third-order valence-electron chi connectivity index (χ3n) is 3.81. The van der Waals surface area contributed by atoms with Crippen LogP contribution in [0.1, 0.15) is 5.82 Å². The smallest absolute Gasteiger partial charge is 0.340 e. The van der Waals surface area contributed by atoms with Crippen LogP contribution in [0.4, 0.5) is 29.1 Å². The Bertz CT molecular complexity index is 1130. The van der Waals surface area contributed by atoms with Crippen LogP contribution in [0.5, 0.6) is 0 Å². The Balaban J connectivity index is 2.04. The predicted octanol–water partition coefficient (Wildman–Crippen LogP) is 3.78. The number of rotatable bonds is 4. The summed E-state index contributed by atoms with van der Waals surface area (Å²) in [6, 6.07) is 8.62. The van der Waals surface area contributed by atoms with Gasteiger partial charge in [-0.25, -0.2) is 27.1 Å². The molecule has 0 bridgehead atoms. The van der Waals surface area contributed by atoms with E-state index in [0.29, 0.717) is 5.69 Å². The molecule has 0 saturated carbocycles. The molecule has 3 rings (SSSR count). The summed E-state index contributed by atoms with van der Waals surface area (Å²) in [4.78, 5) is 6.90. The van der Waals surface area contributed by atoms with Gasteiger partial charge in [0.25, 0.3) is 0 Å². The zero-order chi connectivity index (χ0) is 20.7. The normalized spacial score (nSPS) is 12.5. The number of halogens is 4. The van der Waals surface area contributed by atoms with E-state index in [1.165, 1.54) is 44.4 Å². The summed E-state index contributed by atoms with van der Waals surface area (Å²) in [6.45, 7) is 0. The number of alkyl halides is 3. The molecule has 0 unspecified atom stereocenters. The van der Waals surface area contributed by atoms with E-state index < -0.39 is 27.8 Å². The molecule has 0 aliphatic heterocycles. The summed E-state index contributed by atoms with van der Waals surface area (Å²) >= 11 is 0. The second-order valence-corrected chi connectivity index (χ2v) is 8.14. The largest absolute Gasteiger partial charge is 0.451 e. The van der Waals surface area contributed by atoms with Crippen molar-refractivity contribution in [1.82, 2.24) is 14.3 Å². The Hall–Kier alpha value is -2.79. The van der Waals surface area contributed by atoms with Gasteiger partial charge in [-0.15, -0.1) is 0 Å². The van der Waals surface area contributed by atoms with Gasteiger partial charge in [-0.05, 0) is 36.4 Å². The number of sulfonamides is 1. The fourth-order valence-electron chi connectivity index (χ4n) is 2.38. The molecule has 0 spiro atoms. The highest BCUT2D eigenvalue weighted by Crippen LogP contribution is 2.32. The Morgan fingerprint density at radius 3 is 2.21 bits per heavy atom. The Labute approximate surface area is 157 Å². The molecule has 1 aromatic heterocycles. The molecule has 2 aromatic carbocycles. The number of aromatic nitrogens is 2. The van der Waals surface area contributed by atoms with Crippen LogP contribution in [0.25, 0.3) is 10.9 Å². The van der Waals surface area contributed by atoms with E-state index in [0.717, 1.165) is 16.4 Å². The van der Waals surface area contributed by atoms with Crippen LogP contribution in [0.3, 0.4) is 0 Å². The minimum absolute atomic E-state index is 0.0219. The molecular weight excluding hydrogens is 400 g/mol.